The fraction of sp³-hybridized carbons (Fsp3) is 0.211. The molecule has 6 heteroatoms. The molecule has 0 saturated carbocycles. The van der Waals surface area contributed by atoms with Gasteiger partial charge < -0.3 is 10.1 Å². The summed E-state index contributed by atoms with van der Waals surface area (Å²) in [6.45, 7) is 3.06. The van der Waals surface area contributed by atoms with Crippen molar-refractivity contribution in [1.82, 2.24) is 5.32 Å². The predicted molar refractivity (Wildman–Crippen MR) is 97.7 cm³/mol. The number of amides is 1. The molecule has 0 aromatic heterocycles. The minimum atomic E-state index is -0.665. The van der Waals surface area contributed by atoms with Crippen molar-refractivity contribution in [3.05, 3.63) is 69.2 Å². The Morgan fingerprint density at radius 2 is 1.84 bits per heavy atom. The summed E-state index contributed by atoms with van der Waals surface area (Å²) in [5.41, 5.74) is 2.75. The molecule has 0 aliphatic rings. The molecule has 0 atom stereocenters. The van der Waals surface area contributed by atoms with E-state index >= 15 is 0 Å². The number of carbonyl (C=O) groups is 3. The Labute approximate surface area is 154 Å². The maximum atomic E-state index is 12.1. The summed E-state index contributed by atoms with van der Waals surface area (Å²) in [6, 6.07) is 12.3. The summed E-state index contributed by atoms with van der Waals surface area (Å²) >= 11 is 3.28. The number of ether oxygens (including phenoxy) is 1. The Bertz CT molecular complexity index is 817. The molecule has 2 aromatic carbocycles. The van der Waals surface area contributed by atoms with Gasteiger partial charge in [0, 0.05) is 15.6 Å². The number of rotatable bonds is 6. The summed E-state index contributed by atoms with van der Waals surface area (Å²) in [4.78, 5) is 35.8. The Morgan fingerprint density at radius 1 is 1.08 bits per heavy atom. The highest BCUT2D eigenvalue weighted by atomic mass is 79.9. The number of hydrogen-bond donors (Lipinski definition) is 1. The van der Waals surface area contributed by atoms with Crippen LogP contribution in [-0.4, -0.2) is 30.8 Å². The third kappa shape index (κ3) is 5.53. The number of nitrogens with one attached hydrogen (secondary N) is 1. The number of carbonyl (C=O) groups excluding carboxylic acids is 3. The predicted octanol–water partition coefficient (Wildman–Crippen LogP) is 3.22. The minimum Gasteiger partial charge on any atom is -0.456 e. The van der Waals surface area contributed by atoms with Crippen LogP contribution in [0.5, 0.6) is 0 Å². The van der Waals surface area contributed by atoms with Crippen molar-refractivity contribution in [2.24, 2.45) is 0 Å². The van der Waals surface area contributed by atoms with E-state index in [9.17, 15) is 14.4 Å². The average Bonchev–Trinajstić information content (AvgIpc) is 2.59. The zero-order valence-corrected chi connectivity index (χ0v) is 15.6. The van der Waals surface area contributed by atoms with Crippen LogP contribution in [0, 0.1) is 13.8 Å². The van der Waals surface area contributed by atoms with Gasteiger partial charge >= 0.3 is 5.97 Å². The summed E-state index contributed by atoms with van der Waals surface area (Å²) < 4.78 is 5.72. The largest absolute Gasteiger partial charge is 0.456 e. The van der Waals surface area contributed by atoms with E-state index in [0.29, 0.717) is 11.1 Å². The Morgan fingerprint density at radius 3 is 2.56 bits per heavy atom. The highest BCUT2D eigenvalue weighted by Crippen LogP contribution is 2.12. The molecule has 0 spiro atoms. The van der Waals surface area contributed by atoms with Gasteiger partial charge in [-0.25, -0.2) is 0 Å². The monoisotopic (exact) mass is 403 g/mol. The van der Waals surface area contributed by atoms with E-state index in [2.05, 4.69) is 21.2 Å². The highest BCUT2D eigenvalue weighted by Gasteiger charge is 2.14. The van der Waals surface area contributed by atoms with Crippen LogP contribution in [0.15, 0.2) is 46.9 Å². The van der Waals surface area contributed by atoms with Crippen molar-refractivity contribution < 1.29 is 19.1 Å². The van der Waals surface area contributed by atoms with Gasteiger partial charge in [0.1, 0.15) is 6.54 Å². The number of Topliss-reactive ketones (excluding diaryl/α,β-unsaturated/α-hetero) is 1. The van der Waals surface area contributed by atoms with E-state index in [1.54, 1.807) is 30.3 Å². The molecule has 0 radical (unpaired) electrons. The van der Waals surface area contributed by atoms with Crippen molar-refractivity contribution >= 4 is 33.6 Å². The molecular formula is C19H18BrNO4. The maximum Gasteiger partial charge on any atom is 0.325 e. The molecule has 5 nitrogen and oxygen atoms in total. The molecule has 0 saturated heterocycles. The first-order valence-electron chi connectivity index (χ1n) is 7.66. The van der Waals surface area contributed by atoms with E-state index in [1.165, 1.54) is 0 Å². The lowest BCUT2D eigenvalue weighted by Crippen LogP contribution is -2.31. The van der Waals surface area contributed by atoms with Gasteiger partial charge in [-0.3, -0.25) is 14.4 Å². The van der Waals surface area contributed by atoms with E-state index in [4.69, 9.17) is 4.74 Å². The summed E-state index contributed by atoms with van der Waals surface area (Å²) in [5, 5.41) is 2.46. The Balaban J connectivity index is 1.83. The highest BCUT2D eigenvalue weighted by molar-refractivity contribution is 9.10. The van der Waals surface area contributed by atoms with Crippen LogP contribution in [0.4, 0.5) is 0 Å². The smallest absolute Gasteiger partial charge is 0.325 e. The van der Waals surface area contributed by atoms with Crippen molar-refractivity contribution in [1.29, 1.82) is 0 Å². The molecule has 1 N–H and O–H groups in total. The molecule has 0 bridgehead atoms. The normalized spacial score (nSPS) is 10.2. The van der Waals surface area contributed by atoms with Crippen LogP contribution >= 0.6 is 15.9 Å². The second kappa shape index (κ2) is 8.58. The molecule has 0 heterocycles. The second-order valence-corrected chi connectivity index (χ2v) is 6.51. The van der Waals surface area contributed by atoms with Crippen LogP contribution in [0.25, 0.3) is 0 Å². The SMILES string of the molecule is Cc1ccc(C)c(C(=O)COC(=O)CNC(=O)c2cccc(Br)c2)c1. The molecule has 2 rings (SSSR count). The van der Waals surface area contributed by atoms with Crippen LogP contribution in [0.1, 0.15) is 31.8 Å². The number of benzene rings is 2. The number of ketones is 1. The number of aryl methyl sites for hydroxylation is 2. The van der Waals surface area contributed by atoms with Gasteiger partial charge in [-0.2, -0.15) is 0 Å². The first-order valence-corrected chi connectivity index (χ1v) is 8.46. The third-order valence-electron chi connectivity index (χ3n) is 3.54. The van der Waals surface area contributed by atoms with E-state index in [0.717, 1.165) is 15.6 Å². The molecule has 0 fully saturated rings. The fourth-order valence-electron chi connectivity index (χ4n) is 2.20. The van der Waals surface area contributed by atoms with Crippen molar-refractivity contribution in [3.8, 4) is 0 Å². The lowest BCUT2D eigenvalue weighted by molar-refractivity contribution is -0.141. The lowest BCUT2D eigenvalue weighted by atomic mass is 10.0. The lowest BCUT2D eigenvalue weighted by Gasteiger charge is -2.08. The molecule has 25 heavy (non-hydrogen) atoms. The molecular weight excluding hydrogens is 386 g/mol. The number of esters is 1. The fourth-order valence-corrected chi connectivity index (χ4v) is 2.59. The van der Waals surface area contributed by atoms with Gasteiger partial charge in [0.2, 0.25) is 5.78 Å². The first kappa shape index (κ1) is 18.9. The quantitative estimate of drug-likeness (QED) is 0.593. The first-order chi connectivity index (χ1) is 11.9. The number of halogens is 1. The summed E-state index contributed by atoms with van der Waals surface area (Å²) in [7, 11) is 0. The van der Waals surface area contributed by atoms with E-state index in [-0.39, 0.29) is 24.8 Å². The molecule has 0 aliphatic carbocycles. The molecule has 0 unspecified atom stereocenters. The Hall–Kier alpha value is -2.47. The van der Waals surface area contributed by atoms with Crippen LogP contribution in [-0.2, 0) is 9.53 Å². The van der Waals surface area contributed by atoms with E-state index in [1.807, 2.05) is 26.0 Å². The topological polar surface area (TPSA) is 72.5 Å². The summed E-state index contributed by atoms with van der Waals surface area (Å²) in [6.07, 6.45) is 0. The molecule has 2 aromatic rings. The van der Waals surface area contributed by atoms with Gasteiger partial charge in [0.05, 0.1) is 0 Å². The zero-order chi connectivity index (χ0) is 18.4. The molecule has 130 valence electrons. The third-order valence-corrected chi connectivity index (χ3v) is 4.03. The molecule has 0 aliphatic heterocycles. The Kier molecular flexibility index (Phi) is 6.47. The van der Waals surface area contributed by atoms with Crippen LogP contribution in [0.3, 0.4) is 0 Å². The van der Waals surface area contributed by atoms with Gasteiger partial charge in [-0.1, -0.05) is 39.7 Å². The van der Waals surface area contributed by atoms with Crippen molar-refractivity contribution in [2.75, 3.05) is 13.2 Å². The average molecular weight is 404 g/mol. The molecule has 1 amide bonds. The van der Waals surface area contributed by atoms with Gasteiger partial charge in [-0.05, 0) is 43.7 Å². The van der Waals surface area contributed by atoms with Gasteiger partial charge in [0.15, 0.2) is 6.61 Å². The summed E-state index contributed by atoms with van der Waals surface area (Å²) in [5.74, 6) is -1.33. The second-order valence-electron chi connectivity index (χ2n) is 5.60. The van der Waals surface area contributed by atoms with Gasteiger partial charge in [0.25, 0.3) is 5.91 Å². The van der Waals surface area contributed by atoms with Crippen LogP contribution < -0.4 is 5.32 Å². The van der Waals surface area contributed by atoms with Gasteiger partial charge in [-0.15, -0.1) is 0 Å². The zero-order valence-electron chi connectivity index (χ0n) is 14.0. The van der Waals surface area contributed by atoms with Crippen LogP contribution in [0.2, 0.25) is 0 Å². The number of hydrogen-bond acceptors (Lipinski definition) is 4. The standard InChI is InChI=1S/C19H18BrNO4/c1-12-6-7-13(2)16(8-12)17(22)11-25-18(23)10-21-19(24)14-4-3-5-15(20)9-14/h3-9H,10-11H2,1-2H3,(H,21,24). The van der Waals surface area contributed by atoms with E-state index < -0.39 is 5.97 Å². The van der Waals surface area contributed by atoms with Crippen molar-refractivity contribution in [2.45, 2.75) is 13.8 Å². The minimum absolute atomic E-state index is 0.270. The van der Waals surface area contributed by atoms with Crippen molar-refractivity contribution in [3.63, 3.8) is 0 Å². The maximum absolute atomic E-state index is 12.1.